The van der Waals surface area contributed by atoms with Crippen molar-refractivity contribution in [3.05, 3.63) is 0 Å². The first-order valence-electron chi connectivity index (χ1n) is 45.7. The lowest BCUT2D eigenvalue weighted by Gasteiger charge is -2.31. The Balaban J connectivity index is 7.16. The molecule has 0 heterocycles. The van der Waals surface area contributed by atoms with Crippen LogP contribution in [0.25, 0.3) is 0 Å². The number of hydrogen-bond acceptors (Lipinski definition) is 29. The van der Waals surface area contributed by atoms with E-state index in [2.05, 4.69) is 103 Å². The number of guanidine groups is 1. The molecule has 0 saturated heterocycles. The third kappa shape index (κ3) is 50.5. The summed E-state index contributed by atoms with van der Waals surface area (Å²) >= 11 is 5.50. The lowest BCUT2D eigenvalue weighted by atomic mass is 9.94. The van der Waals surface area contributed by atoms with Crippen molar-refractivity contribution in [2.45, 2.75) is 320 Å². The summed E-state index contributed by atoms with van der Waals surface area (Å²) in [7, 11) is 0. The fourth-order valence-corrected chi connectivity index (χ4v) is 13.9. The Morgan fingerprint density at radius 1 is 0.370 bits per heavy atom. The van der Waals surface area contributed by atoms with E-state index in [1.165, 1.54) is 18.7 Å². The Hall–Kier alpha value is -10.9. The molecule has 0 spiro atoms. The Kier molecular flexibility index (Phi) is 62.7. The number of carbonyl (C=O) groups excluding carboxylic acids is 17. The number of aliphatic imine (C=N–C) groups is 1. The van der Waals surface area contributed by atoms with Gasteiger partial charge in [-0.15, -0.1) is 0 Å². The van der Waals surface area contributed by atoms with E-state index in [4.69, 9.17) is 45.9 Å². The van der Waals surface area contributed by atoms with Crippen molar-refractivity contribution < 1.29 is 116 Å². The molecule has 0 fully saturated rings. The molecular formula is C84H153N25O24S2. The first-order valence-corrected chi connectivity index (χ1v) is 47.7. The van der Waals surface area contributed by atoms with E-state index < -0.39 is 271 Å². The van der Waals surface area contributed by atoms with E-state index in [-0.39, 0.29) is 140 Å². The van der Waals surface area contributed by atoms with Gasteiger partial charge in [0, 0.05) is 25.1 Å². The summed E-state index contributed by atoms with van der Waals surface area (Å²) in [6, 6.07) is -23.8. The summed E-state index contributed by atoms with van der Waals surface area (Å²) < 4.78 is 0. The summed E-state index contributed by atoms with van der Waals surface area (Å²) in [5, 5.41) is 80.1. The Morgan fingerprint density at radius 3 is 1.07 bits per heavy atom. The second-order valence-corrected chi connectivity index (χ2v) is 35.3. The van der Waals surface area contributed by atoms with Crippen LogP contribution in [0.3, 0.4) is 0 Å². The van der Waals surface area contributed by atoms with Gasteiger partial charge in [-0.2, -0.15) is 24.4 Å². The molecule has 0 radical (unpaired) electrons. The molecule has 0 aromatic carbocycles. The van der Waals surface area contributed by atoms with E-state index in [0.717, 1.165) is 6.92 Å². The Morgan fingerprint density at radius 2 is 0.696 bits per heavy atom. The van der Waals surface area contributed by atoms with Crippen molar-refractivity contribution in [1.82, 2.24) is 85.1 Å². The molecule has 17 amide bonds. The number of carboxylic acid groups (broad SMARTS) is 3. The van der Waals surface area contributed by atoms with Crippen LogP contribution in [-0.4, -0.2) is 305 Å². The number of aliphatic carboxylic acids is 3. The van der Waals surface area contributed by atoms with Gasteiger partial charge in [0.15, 0.2) is 5.96 Å². The number of carbonyl (C=O) groups is 20. The molecule has 0 aliphatic carbocycles. The average molecular weight is 1960 g/mol. The minimum atomic E-state index is -1.81. The van der Waals surface area contributed by atoms with E-state index in [9.17, 15) is 116 Å². The highest BCUT2D eigenvalue weighted by atomic mass is 32.2. The highest BCUT2D eigenvalue weighted by molar-refractivity contribution is 7.98. The van der Waals surface area contributed by atoms with Crippen LogP contribution in [0.5, 0.6) is 0 Å². The zero-order valence-corrected chi connectivity index (χ0v) is 81.1. The van der Waals surface area contributed by atoms with Crippen molar-refractivity contribution in [2.75, 3.05) is 57.0 Å². The number of nitrogens with one attached hydrogen (secondary N) is 16. The maximum absolute atomic E-state index is 14.7. The van der Waals surface area contributed by atoms with Crippen LogP contribution in [0.15, 0.2) is 4.99 Å². The Bertz CT molecular complexity index is 3870. The summed E-state index contributed by atoms with van der Waals surface area (Å²) in [4.78, 5) is 277. The lowest BCUT2D eigenvalue weighted by molar-refractivity contribution is -0.144. The lowest BCUT2D eigenvalue weighted by Crippen LogP contribution is -2.62. The molecular weight excluding hydrogens is 1810 g/mol. The van der Waals surface area contributed by atoms with Gasteiger partial charge < -0.3 is 151 Å². The van der Waals surface area contributed by atoms with Crippen LogP contribution in [0.2, 0.25) is 0 Å². The van der Waals surface area contributed by atoms with Gasteiger partial charge in [-0.1, -0.05) is 68.2 Å². The van der Waals surface area contributed by atoms with Gasteiger partial charge >= 0.3 is 17.9 Å². The third-order valence-electron chi connectivity index (χ3n) is 21.7. The molecule has 0 aromatic heterocycles. The third-order valence-corrected chi connectivity index (χ3v) is 22.7. The van der Waals surface area contributed by atoms with Gasteiger partial charge in [0.25, 0.3) is 0 Å². The van der Waals surface area contributed by atoms with E-state index in [1.54, 1.807) is 61.6 Å². The van der Waals surface area contributed by atoms with Crippen LogP contribution < -0.4 is 131 Å². The predicted octanol–water partition coefficient (Wildman–Crippen LogP) is -7.16. The van der Waals surface area contributed by atoms with Crippen LogP contribution in [-0.2, 0) is 95.9 Å². The van der Waals surface area contributed by atoms with Crippen LogP contribution >= 0.6 is 24.4 Å². The van der Waals surface area contributed by atoms with E-state index >= 15 is 0 Å². The number of aliphatic hydroxyl groups is 1. The highest BCUT2D eigenvalue weighted by Crippen LogP contribution is 2.18. The van der Waals surface area contributed by atoms with Gasteiger partial charge in [0.2, 0.25) is 100 Å². The van der Waals surface area contributed by atoms with Gasteiger partial charge in [-0.3, -0.25) is 96.1 Å². The van der Waals surface area contributed by atoms with Crippen LogP contribution in [0, 0.1) is 23.7 Å². The molecule has 36 N–H and O–H groups in total. The first-order chi connectivity index (χ1) is 63.5. The van der Waals surface area contributed by atoms with Crippen molar-refractivity contribution in [3.8, 4) is 0 Å². The molecule has 0 unspecified atom stereocenters. The van der Waals surface area contributed by atoms with E-state index in [1.807, 2.05) is 0 Å². The number of unbranched alkanes of at least 4 members (excludes halogenated alkanes) is 4. The van der Waals surface area contributed by atoms with Crippen molar-refractivity contribution in [3.63, 3.8) is 0 Å². The van der Waals surface area contributed by atoms with Gasteiger partial charge in [0.1, 0.15) is 90.6 Å². The summed E-state index contributed by atoms with van der Waals surface area (Å²) in [6.07, 6.45) is -1.05. The standard InChI is InChI=1S/C84H153N25O24S2/c1-12-45(7)65(108-81(130)66(46(8)13-2)107-76(125)55(29-31-63(115)116)102-79(128)64(90)44(5)6)80(129)95-47(9)68(117)109-67(48(10)110)82(131)103-56(32-38-135-11)75(124)100-52(26-17-21-36-88)71(120)98-50(24-15-19-34-86)70(119)97-49(23-14-18-33-85)69(118)94-41-61(112)96-54(28-30-62(113)114)74(123)99-51(25-16-20-35-87)72(121)101-53(27-22-37-93-84(91)92)73(122)106-59(42-134)78(127)104-57(39-43(3)4)77(126)105-58(83(132)133)40-60(89)111/h43-59,64-67,110,134H,12-42,85-88,90H2,1-11H3,(H2,89,111)(H,94,118)(H,95,129)(H,96,112)(H,97,119)(H,98,120)(H,99,123)(H,100,124)(H,101,121)(H,102,128)(H,103,131)(H,104,127)(H,105,126)(H,106,122)(H,107,125)(H,108,130)(H,109,117)(H,113,114)(H,115,116)(H,132,133)(H4,91,92,93)/t45-,46-,47-,48+,49-,50-,51-,52-,53-,54-,55-,56-,57-,58-,59-,64-,65-,66-,67-/m0/s1. The number of thioether (sulfide) groups is 1. The van der Waals surface area contributed by atoms with Crippen LogP contribution in [0.1, 0.15) is 217 Å². The SMILES string of the molecule is CC[C@H](C)[C@H](NC(=O)[C@H](CCC(=O)O)NC(=O)[C@@H](N)C(C)C)C(=O)N[C@H](C(=O)N[C@@H](C)C(=O)N[C@H](C(=O)N[C@@H](CCSC)C(=O)N[C@@H](CCCCN)C(=O)N[C@@H](CCCCN)C(=O)N[C@@H](CCCCN)C(=O)NCC(=O)N[C@@H](CCC(=O)O)C(=O)N[C@@H](CCCCN)C(=O)N[C@@H](CCCN=C(N)N)C(=O)N[C@@H](CS)C(=O)N[C@@H](CC(C)C)C(=O)N[C@@H](CC(N)=O)C(=O)O)[C@@H](C)O)[C@@H](C)CC. The van der Waals surface area contributed by atoms with Crippen molar-refractivity contribution in [2.24, 2.45) is 74.5 Å². The molecule has 51 heteroatoms. The monoisotopic (exact) mass is 1960 g/mol. The fraction of sp³-hybridized carbons (Fsp3) is 0.750. The highest BCUT2D eigenvalue weighted by Gasteiger charge is 2.41. The topological polar surface area (TPSA) is 835 Å². The normalized spacial score (nSPS) is 15.4. The molecule has 135 heavy (non-hydrogen) atoms. The number of carboxylic acids is 3. The number of rotatable bonds is 73. The van der Waals surface area contributed by atoms with Gasteiger partial charge in [0.05, 0.1) is 25.1 Å². The number of nitrogens with zero attached hydrogens (tertiary/aromatic N) is 1. The summed E-state index contributed by atoms with van der Waals surface area (Å²) in [6.45, 7) is 15.4. The molecule has 0 aromatic rings. The maximum atomic E-state index is 14.7. The fourth-order valence-electron chi connectivity index (χ4n) is 13.2. The second kappa shape index (κ2) is 68.2. The summed E-state index contributed by atoms with van der Waals surface area (Å²) in [5.74, 6) is -23.0. The van der Waals surface area contributed by atoms with Crippen LogP contribution in [0.4, 0.5) is 0 Å². The number of aliphatic hydroxyl groups excluding tert-OH is 1. The predicted molar refractivity (Wildman–Crippen MR) is 504 cm³/mol. The van der Waals surface area contributed by atoms with Gasteiger partial charge in [-0.05, 0) is 191 Å². The molecule has 0 saturated carbocycles. The zero-order chi connectivity index (χ0) is 103. The quantitative estimate of drug-likeness (QED) is 0.0116. The number of hydrogen-bond donors (Lipinski definition) is 29. The second-order valence-electron chi connectivity index (χ2n) is 34.0. The van der Waals surface area contributed by atoms with Crippen molar-refractivity contribution >= 4 is 149 Å². The average Bonchev–Trinajstić information content (AvgIpc) is 0.843. The first kappa shape index (κ1) is 124. The molecule has 0 aliphatic rings. The zero-order valence-electron chi connectivity index (χ0n) is 79.4. The Labute approximate surface area is 797 Å². The van der Waals surface area contributed by atoms with E-state index in [0.29, 0.717) is 38.5 Å². The molecule has 0 rings (SSSR count). The molecule has 49 nitrogen and oxygen atoms in total. The number of amides is 17. The molecule has 0 bridgehead atoms. The smallest absolute Gasteiger partial charge is 0.326 e. The number of nitrogens with two attached hydrogens (primary N) is 8. The molecule has 770 valence electrons. The van der Waals surface area contributed by atoms with Crippen molar-refractivity contribution in [1.29, 1.82) is 0 Å². The minimum Gasteiger partial charge on any atom is -0.481 e. The van der Waals surface area contributed by atoms with Gasteiger partial charge in [-0.25, -0.2) is 4.79 Å². The maximum Gasteiger partial charge on any atom is 0.326 e. The minimum absolute atomic E-state index is 0.0162. The largest absolute Gasteiger partial charge is 0.481 e. The number of thiol groups is 1. The number of primary amides is 1. The molecule has 19 atom stereocenters. The molecule has 0 aliphatic heterocycles. The summed E-state index contributed by atoms with van der Waals surface area (Å²) in [5.41, 5.74) is 45.6.